The van der Waals surface area contributed by atoms with Crippen molar-refractivity contribution in [1.82, 2.24) is 0 Å². The van der Waals surface area contributed by atoms with Crippen LogP contribution in [0, 0.1) is 0 Å². The van der Waals surface area contributed by atoms with Crippen LogP contribution in [0.25, 0.3) is 0 Å². The molecule has 0 unspecified atom stereocenters. The van der Waals surface area contributed by atoms with E-state index in [0.29, 0.717) is 0 Å². The molecule has 0 aliphatic heterocycles. The van der Waals surface area contributed by atoms with Gasteiger partial charge < -0.3 is 11.0 Å². The maximum atomic E-state index is 0. The molecule has 0 rings (SSSR count). The number of rotatable bonds is 0. The van der Waals surface area contributed by atoms with Crippen LogP contribution in [0.1, 0.15) is 0 Å². The molecule has 5 heteroatoms. The van der Waals surface area contributed by atoms with E-state index in [1.165, 1.54) is 0 Å². The Morgan fingerprint density at radius 1 is 0.600 bits per heavy atom. The molecule has 0 saturated heterocycles. The van der Waals surface area contributed by atoms with Crippen LogP contribution in [0.4, 0.5) is 0 Å². The first-order valence-corrected chi connectivity index (χ1v) is 0. The van der Waals surface area contributed by atoms with E-state index in [1.54, 1.807) is 0 Å². The zero-order valence-electron chi connectivity index (χ0n) is 2.67. The van der Waals surface area contributed by atoms with Gasteiger partial charge in [-0.3, -0.25) is 0 Å². The molecule has 0 fully saturated rings. The minimum Gasteiger partial charge on any atom is -0.412 e. The monoisotopic (exact) mass is 177 g/mol. The molecule has 0 amide bonds. The molecule has 3 radical (unpaired) electrons. The summed E-state index contributed by atoms with van der Waals surface area (Å²) < 4.78 is 0. The van der Waals surface area contributed by atoms with E-state index in [4.69, 9.17) is 0 Å². The van der Waals surface area contributed by atoms with Gasteiger partial charge in [0.15, 0.2) is 0 Å². The van der Waals surface area contributed by atoms with Crippen molar-refractivity contribution in [3.8, 4) is 0 Å². The second-order valence-corrected chi connectivity index (χ2v) is 0. The summed E-state index contributed by atoms with van der Waals surface area (Å²) in [6.45, 7) is 0. The smallest absolute Gasteiger partial charge is 0 e. The summed E-state index contributed by atoms with van der Waals surface area (Å²) in [5, 5.41) is 0. The Kier molecular flexibility index (Phi) is 505. The molecule has 0 aromatic carbocycles. The molecule has 0 saturated carbocycles. The van der Waals surface area contributed by atoms with Crippen molar-refractivity contribution < 1.29 is 44.5 Å². The van der Waals surface area contributed by atoms with Gasteiger partial charge in [-0.25, -0.2) is 0 Å². The summed E-state index contributed by atoms with van der Waals surface area (Å²) in [6, 6.07) is 0. The maximum absolute atomic E-state index is 0. The fraction of sp³-hybridized carbons (Fsp3) is 0. The molecule has 4 N–H and O–H groups in total. The Hall–Kier alpha value is 1.93. The molecule has 2 nitrogen and oxygen atoms in total. The summed E-state index contributed by atoms with van der Waals surface area (Å²) in [7, 11) is 0. The minimum atomic E-state index is 0. The second kappa shape index (κ2) is 38.6. The Bertz CT molecular complexity index is 7.61. The van der Waals surface area contributed by atoms with Gasteiger partial charge >= 0.3 is 0 Å². The quantitative estimate of drug-likeness (QED) is 0.383. The van der Waals surface area contributed by atoms with Gasteiger partial charge in [-0.15, -0.1) is 0 Å². The normalized spacial score (nSPS) is 0. The molecule has 0 aromatic heterocycles. The fourth-order valence-electron chi connectivity index (χ4n) is 0. The van der Waals surface area contributed by atoms with E-state index in [9.17, 15) is 0 Å². The van der Waals surface area contributed by atoms with Crippen molar-refractivity contribution in [3.05, 3.63) is 0 Å². The third-order valence-electron chi connectivity index (χ3n) is 0. The molecule has 0 heterocycles. The van der Waals surface area contributed by atoms with Crippen molar-refractivity contribution in [2.24, 2.45) is 0 Å². The van der Waals surface area contributed by atoms with Gasteiger partial charge in [0.25, 0.3) is 0 Å². The van der Waals surface area contributed by atoms with Crippen LogP contribution >= 0.6 is 0 Å². The Balaban J connectivity index is 0. The van der Waals surface area contributed by atoms with Crippen molar-refractivity contribution in [1.29, 1.82) is 0 Å². The van der Waals surface area contributed by atoms with Gasteiger partial charge in [0, 0.05) is 63.1 Å². The van der Waals surface area contributed by atoms with Gasteiger partial charge in [0.2, 0.25) is 0 Å². The van der Waals surface area contributed by atoms with E-state index in [1.807, 2.05) is 0 Å². The van der Waals surface area contributed by atoms with E-state index in [-0.39, 0.29) is 74.1 Å². The molecule has 35 valence electrons. The molecule has 0 aliphatic rings. The first kappa shape index (κ1) is 65.3. The summed E-state index contributed by atoms with van der Waals surface area (Å²) in [4.78, 5) is 0. The largest absolute Gasteiger partial charge is 0.412 e. The molecule has 0 atom stereocenters. The average molecular weight is 177 g/mol. The van der Waals surface area contributed by atoms with Gasteiger partial charge in [-0.05, 0) is 0 Å². The summed E-state index contributed by atoms with van der Waals surface area (Å²) in [5.41, 5.74) is 0. The van der Waals surface area contributed by atoms with Gasteiger partial charge in [-0.2, -0.15) is 0 Å². The van der Waals surface area contributed by atoms with Crippen LogP contribution in [0.3, 0.4) is 0 Å². The first-order valence-electron chi connectivity index (χ1n) is 0. The van der Waals surface area contributed by atoms with Crippen LogP contribution < -0.4 is 0 Å². The Morgan fingerprint density at radius 3 is 0.600 bits per heavy atom. The standard InChI is InChI=1S/2Co.Na.2H2O/h;;;2*1H2. The van der Waals surface area contributed by atoms with Crippen LogP contribution in [0.5, 0.6) is 0 Å². The molecule has 0 spiro atoms. The molecule has 5 heavy (non-hydrogen) atoms. The van der Waals surface area contributed by atoms with Gasteiger partial charge in [0.05, 0.1) is 0 Å². The van der Waals surface area contributed by atoms with Crippen molar-refractivity contribution in [3.63, 3.8) is 0 Å². The molecular formula is H4Co2NaO2. The minimum absolute atomic E-state index is 0. The van der Waals surface area contributed by atoms with Crippen molar-refractivity contribution in [2.45, 2.75) is 0 Å². The Morgan fingerprint density at radius 2 is 0.600 bits per heavy atom. The zero-order chi connectivity index (χ0) is 0. The first-order chi connectivity index (χ1) is 0. The van der Waals surface area contributed by atoms with Crippen molar-refractivity contribution >= 4 is 29.6 Å². The molecule has 0 bridgehead atoms. The fourth-order valence-corrected chi connectivity index (χ4v) is 0. The van der Waals surface area contributed by atoms with Crippen LogP contribution in [0.2, 0.25) is 0 Å². The van der Waals surface area contributed by atoms with Gasteiger partial charge in [0.1, 0.15) is 0 Å². The number of hydrogen-bond acceptors (Lipinski definition) is 0. The summed E-state index contributed by atoms with van der Waals surface area (Å²) in [6.07, 6.45) is 0. The maximum Gasteiger partial charge on any atom is 0 e. The Labute approximate surface area is 73.4 Å². The summed E-state index contributed by atoms with van der Waals surface area (Å²) >= 11 is 0. The third-order valence-corrected chi connectivity index (χ3v) is 0. The molecule has 0 aromatic rings. The zero-order valence-corrected chi connectivity index (χ0v) is 6.75. The van der Waals surface area contributed by atoms with Crippen LogP contribution in [0.15, 0.2) is 0 Å². The second-order valence-electron chi connectivity index (χ2n) is 0. The predicted molar refractivity (Wildman–Crippen MR) is 13.0 cm³/mol. The van der Waals surface area contributed by atoms with E-state index in [0.717, 1.165) is 0 Å². The predicted octanol–water partition coefficient (Wildman–Crippen LogP) is -2.04. The van der Waals surface area contributed by atoms with Gasteiger partial charge in [-0.1, -0.05) is 0 Å². The van der Waals surface area contributed by atoms with E-state index in [2.05, 4.69) is 0 Å². The van der Waals surface area contributed by atoms with Crippen LogP contribution in [-0.4, -0.2) is 40.5 Å². The average Bonchev–Trinajstić information content (AvgIpc) is 0. The van der Waals surface area contributed by atoms with E-state index >= 15 is 0 Å². The topological polar surface area (TPSA) is 63.0 Å². The number of hydrogen-bond donors (Lipinski definition) is 0. The molecular weight excluding hydrogens is 173 g/mol. The van der Waals surface area contributed by atoms with Crippen LogP contribution in [-0.2, 0) is 33.6 Å². The summed E-state index contributed by atoms with van der Waals surface area (Å²) in [5.74, 6) is 0. The molecule has 0 aliphatic carbocycles. The SMILES string of the molecule is O.O.[Co].[Co].[Na]. The van der Waals surface area contributed by atoms with E-state index < -0.39 is 0 Å². The van der Waals surface area contributed by atoms with Crippen molar-refractivity contribution in [2.75, 3.05) is 0 Å². The third kappa shape index (κ3) is 24.6.